The largest absolute Gasteiger partial charge is 0.503 e. The fraction of sp³-hybridized carbons (Fsp3) is 0.778. The first-order valence-electron chi connectivity index (χ1n) is 4.83. The molecule has 0 saturated heterocycles. The summed E-state index contributed by atoms with van der Waals surface area (Å²) in [5.74, 6) is 0. The second kappa shape index (κ2) is 15.9. The Kier molecular flexibility index (Phi) is 19.9. The second-order valence-electron chi connectivity index (χ2n) is 3.04. The Bertz CT molecular complexity index is 151. The summed E-state index contributed by atoms with van der Waals surface area (Å²) in [6, 6.07) is 0.404. The predicted octanol–water partition coefficient (Wildman–Crippen LogP) is 2.36. The Morgan fingerprint density at radius 3 is 1.56 bits per heavy atom. The fourth-order valence-electron chi connectivity index (χ4n) is 0.716. The molecule has 7 nitrogen and oxygen atoms in total. The molecular weight excluding hydrogens is 218 g/mol. The molecule has 0 rings (SSSR count). The van der Waals surface area contributed by atoms with E-state index in [1.807, 2.05) is 0 Å². The van der Waals surface area contributed by atoms with Crippen LogP contribution in [-0.4, -0.2) is 38.8 Å². The van der Waals surface area contributed by atoms with E-state index in [2.05, 4.69) is 13.8 Å². The van der Waals surface area contributed by atoms with Crippen molar-refractivity contribution in [2.75, 3.05) is 0 Å². The lowest BCUT2D eigenvalue weighted by Gasteiger charge is -2.01. The van der Waals surface area contributed by atoms with Gasteiger partial charge in [-0.2, -0.15) is 0 Å². The molecule has 0 aliphatic heterocycles. The van der Waals surface area contributed by atoms with Crippen molar-refractivity contribution in [3.63, 3.8) is 0 Å². The molecule has 0 amide bonds. The van der Waals surface area contributed by atoms with Crippen LogP contribution in [0.2, 0.25) is 0 Å². The summed E-state index contributed by atoms with van der Waals surface area (Å²) in [4.78, 5) is 17.1. The molecule has 98 valence electrons. The van der Waals surface area contributed by atoms with Gasteiger partial charge in [-0.3, -0.25) is 0 Å². The minimum Gasteiger partial charge on any atom is -0.450 e. The Labute approximate surface area is 94.5 Å². The number of hydrogen-bond acceptors (Lipinski definition) is 3. The molecule has 1 atom stereocenters. The van der Waals surface area contributed by atoms with Gasteiger partial charge in [-0.25, -0.2) is 9.59 Å². The van der Waals surface area contributed by atoms with E-state index < -0.39 is 12.3 Å². The predicted molar refractivity (Wildman–Crippen MR) is 59.1 cm³/mol. The summed E-state index contributed by atoms with van der Waals surface area (Å²) in [5.41, 5.74) is 5.53. The molecule has 0 heterocycles. The molecular formula is C9H21NO6. The SMILES string of the molecule is CCCCCC(C)N.O=C(O)O.O=C(O)O. The van der Waals surface area contributed by atoms with Gasteiger partial charge in [-0.15, -0.1) is 0 Å². The molecule has 0 fully saturated rings. The molecule has 6 N–H and O–H groups in total. The molecule has 0 aromatic rings. The second-order valence-corrected chi connectivity index (χ2v) is 3.04. The lowest BCUT2D eigenvalue weighted by Crippen LogP contribution is -2.13. The van der Waals surface area contributed by atoms with E-state index in [0.29, 0.717) is 6.04 Å². The topological polar surface area (TPSA) is 141 Å². The van der Waals surface area contributed by atoms with Crippen molar-refractivity contribution >= 4 is 12.3 Å². The molecule has 0 bridgehead atoms. The van der Waals surface area contributed by atoms with Crippen LogP contribution >= 0.6 is 0 Å². The Balaban J connectivity index is -0.000000179. The van der Waals surface area contributed by atoms with Crippen LogP contribution in [0.5, 0.6) is 0 Å². The first-order valence-corrected chi connectivity index (χ1v) is 4.83. The molecule has 16 heavy (non-hydrogen) atoms. The highest BCUT2D eigenvalue weighted by atomic mass is 16.6. The lowest BCUT2D eigenvalue weighted by atomic mass is 10.1. The maximum Gasteiger partial charge on any atom is 0.503 e. The lowest BCUT2D eigenvalue weighted by molar-refractivity contribution is 0.135. The minimum absolute atomic E-state index is 0.404. The van der Waals surface area contributed by atoms with Crippen LogP contribution in [0.25, 0.3) is 0 Å². The summed E-state index contributed by atoms with van der Waals surface area (Å²) in [6.07, 6.45) is 1.45. The van der Waals surface area contributed by atoms with E-state index in [0.717, 1.165) is 0 Å². The van der Waals surface area contributed by atoms with E-state index >= 15 is 0 Å². The highest BCUT2D eigenvalue weighted by molar-refractivity contribution is 5.53. The van der Waals surface area contributed by atoms with Gasteiger partial charge in [-0.05, 0) is 13.3 Å². The third-order valence-electron chi connectivity index (χ3n) is 1.26. The van der Waals surface area contributed by atoms with Gasteiger partial charge in [0.1, 0.15) is 0 Å². The highest BCUT2D eigenvalue weighted by Gasteiger charge is 1.90. The first-order chi connectivity index (χ1) is 7.23. The van der Waals surface area contributed by atoms with Crippen LogP contribution in [0.3, 0.4) is 0 Å². The molecule has 0 spiro atoms. The maximum atomic E-state index is 8.56. The zero-order valence-electron chi connectivity index (χ0n) is 9.59. The Morgan fingerprint density at radius 1 is 1.06 bits per heavy atom. The number of nitrogens with two attached hydrogens (primary N) is 1. The van der Waals surface area contributed by atoms with Gasteiger partial charge in [0.15, 0.2) is 0 Å². The quantitative estimate of drug-likeness (QED) is 0.474. The van der Waals surface area contributed by atoms with E-state index in [1.165, 1.54) is 25.7 Å². The summed E-state index contributed by atoms with van der Waals surface area (Å²) in [7, 11) is 0. The van der Waals surface area contributed by atoms with Gasteiger partial charge >= 0.3 is 12.3 Å². The number of carbonyl (C=O) groups is 2. The Hall–Kier alpha value is -1.50. The molecule has 0 saturated carbocycles. The molecule has 1 unspecified atom stereocenters. The molecule has 0 aliphatic rings. The molecule has 0 radical (unpaired) electrons. The van der Waals surface area contributed by atoms with Gasteiger partial charge in [0.2, 0.25) is 0 Å². The van der Waals surface area contributed by atoms with Gasteiger partial charge in [0.25, 0.3) is 0 Å². The van der Waals surface area contributed by atoms with Crippen LogP contribution < -0.4 is 5.73 Å². The van der Waals surface area contributed by atoms with Crippen molar-refractivity contribution in [2.24, 2.45) is 5.73 Å². The number of carboxylic acid groups (broad SMARTS) is 4. The minimum atomic E-state index is -1.83. The van der Waals surface area contributed by atoms with Crippen LogP contribution in [0.1, 0.15) is 39.5 Å². The van der Waals surface area contributed by atoms with Crippen molar-refractivity contribution in [1.29, 1.82) is 0 Å². The maximum absolute atomic E-state index is 8.56. The number of hydrogen-bond donors (Lipinski definition) is 5. The summed E-state index contributed by atoms with van der Waals surface area (Å²) < 4.78 is 0. The van der Waals surface area contributed by atoms with Crippen LogP contribution in [0.4, 0.5) is 9.59 Å². The molecule has 0 aromatic heterocycles. The average Bonchev–Trinajstić information content (AvgIpc) is 2.01. The van der Waals surface area contributed by atoms with Crippen LogP contribution in [0, 0.1) is 0 Å². The summed E-state index contributed by atoms with van der Waals surface area (Å²) >= 11 is 0. The summed E-state index contributed by atoms with van der Waals surface area (Å²) in [6.45, 7) is 4.27. The van der Waals surface area contributed by atoms with Crippen molar-refractivity contribution in [1.82, 2.24) is 0 Å². The zero-order valence-corrected chi connectivity index (χ0v) is 9.59. The average molecular weight is 239 g/mol. The normalized spacial score (nSPS) is 9.94. The smallest absolute Gasteiger partial charge is 0.450 e. The van der Waals surface area contributed by atoms with E-state index in [1.54, 1.807) is 0 Å². The van der Waals surface area contributed by atoms with Crippen LogP contribution in [0.15, 0.2) is 0 Å². The van der Waals surface area contributed by atoms with Gasteiger partial charge in [0.05, 0.1) is 0 Å². The van der Waals surface area contributed by atoms with Crippen LogP contribution in [-0.2, 0) is 0 Å². The first kappa shape index (κ1) is 20.0. The van der Waals surface area contributed by atoms with E-state index in [4.69, 9.17) is 35.7 Å². The fourth-order valence-corrected chi connectivity index (χ4v) is 0.716. The Morgan fingerprint density at radius 2 is 1.38 bits per heavy atom. The molecule has 0 aromatic carbocycles. The summed E-state index contributed by atoms with van der Waals surface area (Å²) in [5, 5.41) is 27.9. The van der Waals surface area contributed by atoms with Gasteiger partial charge in [-0.1, -0.05) is 26.2 Å². The zero-order chi connectivity index (χ0) is 13.6. The third kappa shape index (κ3) is 135. The van der Waals surface area contributed by atoms with Gasteiger partial charge in [0, 0.05) is 6.04 Å². The standard InChI is InChI=1S/C7H17N.2CH2O3/c1-3-4-5-6-7(2)8;2*2-1(3)4/h7H,3-6,8H2,1-2H3;2*(H2,2,3,4). The van der Waals surface area contributed by atoms with Gasteiger partial charge < -0.3 is 26.2 Å². The highest BCUT2D eigenvalue weighted by Crippen LogP contribution is 1.99. The molecule has 0 aliphatic carbocycles. The van der Waals surface area contributed by atoms with E-state index in [-0.39, 0.29) is 0 Å². The number of unbranched alkanes of at least 4 members (excludes halogenated alkanes) is 2. The van der Waals surface area contributed by atoms with Crippen molar-refractivity contribution in [3.8, 4) is 0 Å². The third-order valence-corrected chi connectivity index (χ3v) is 1.26. The van der Waals surface area contributed by atoms with Crippen molar-refractivity contribution in [2.45, 2.75) is 45.6 Å². The number of rotatable bonds is 4. The molecule has 7 heteroatoms. The monoisotopic (exact) mass is 239 g/mol. The van der Waals surface area contributed by atoms with Crippen molar-refractivity contribution in [3.05, 3.63) is 0 Å². The van der Waals surface area contributed by atoms with E-state index in [9.17, 15) is 0 Å². The van der Waals surface area contributed by atoms with Crippen molar-refractivity contribution < 1.29 is 30.0 Å².